The summed E-state index contributed by atoms with van der Waals surface area (Å²) in [7, 11) is 0. The molecule has 0 radical (unpaired) electrons. The summed E-state index contributed by atoms with van der Waals surface area (Å²) in [5.41, 5.74) is 1.04. The zero-order chi connectivity index (χ0) is 12.0. The van der Waals surface area contributed by atoms with Gasteiger partial charge in [0.1, 0.15) is 0 Å². The van der Waals surface area contributed by atoms with E-state index in [4.69, 9.17) is 11.6 Å². The van der Waals surface area contributed by atoms with Crippen molar-refractivity contribution in [2.75, 3.05) is 6.54 Å². The maximum Gasteiger partial charge on any atom is 0.0479 e. The quantitative estimate of drug-likeness (QED) is 0.844. The molecule has 0 aliphatic heterocycles. The van der Waals surface area contributed by atoms with Gasteiger partial charge in [0.05, 0.1) is 0 Å². The van der Waals surface area contributed by atoms with Gasteiger partial charge in [-0.05, 0) is 43.7 Å². The summed E-state index contributed by atoms with van der Waals surface area (Å²) in [5, 5.41) is 4.17. The second kappa shape index (κ2) is 7.10. The number of benzene rings is 1. The van der Waals surface area contributed by atoms with Gasteiger partial charge in [0, 0.05) is 15.5 Å². The van der Waals surface area contributed by atoms with Crippen molar-refractivity contribution in [1.29, 1.82) is 0 Å². The molecule has 0 aromatic heterocycles. The second-order valence-corrected chi connectivity index (χ2v) is 5.09. The van der Waals surface area contributed by atoms with Crippen molar-refractivity contribution in [3.63, 3.8) is 0 Å². The van der Waals surface area contributed by atoms with Gasteiger partial charge in [-0.1, -0.05) is 46.6 Å². The van der Waals surface area contributed by atoms with Crippen molar-refractivity contribution in [1.82, 2.24) is 5.32 Å². The first kappa shape index (κ1) is 13.8. The lowest BCUT2D eigenvalue weighted by atomic mass is 10.2. The Morgan fingerprint density at radius 2 is 2.25 bits per heavy atom. The van der Waals surface area contributed by atoms with E-state index in [1.165, 1.54) is 0 Å². The van der Waals surface area contributed by atoms with Crippen molar-refractivity contribution in [3.05, 3.63) is 39.3 Å². The number of rotatable bonds is 5. The van der Waals surface area contributed by atoms with Crippen LogP contribution < -0.4 is 5.32 Å². The number of halogens is 2. The van der Waals surface area contributed by atoms with Gasteiger partial charge in [-0.25, -0.2) is 0 Å². The molecular formula is C13H17BrClN. The van der Waals surface area contributed by atoms with Crippen molar-refractivity contribution < 1.29 is 0 Å². The molecule has 0 spiro atoms. The second-order valence-electron chi connectivity index (χ2n) is 3.77. The van der Waals surface area contributed by atoms with Crippen LogP contribution in [0.25, 0.3) is 6.08 Å². The zero-order valence-electron chi connectivity index (χ0n) is 9.63. The number of hydrogen-bond donors (Lipinski definition) is 1. The van der Waals surface area contributed by atoms with Crippen LogP contribution in [0.4, 0.5) is 0 Å². The maximum atomic E-state index is 6.09. The van der Waals surface area contributed by atoms with Gasteiger partial charge in [-0.3, -0.25) is 0 Å². The van der Waals surface area contributed by atoms with Crippen molar-refractivity contribution in [2.45, 2.75) is 26.3 Å². The van der Waals surface area contributed by atoms with E-state index in [9.17, 15) is 0 Å². The van der Waals surface area contributed by atoms with E-state index in [1.807, 2.05) is 18.2 Å². The third-order valence-electron chi connectivity index (χ3n) is 2.24. The first-order chi connectivity index (χ1) is 7.63. The molecule has 16 heavy (non-hydrogen) atoms. The molecule has 1 aromatic rings. The molecule has 0 aliphatic carbocycles. The Labute approximate surface area is 111 Å². The Morgan fingerprint density at radius 3 is 2.94 bits per heavy atom. The minimum atomic E-state index is 0.370. The molecule has 1 aromatic carbocycles. The predicted octanol–water partition coefficient (Wildman–Crippen LogP) is 4.50. The van der Waals surface area contributed by atoms with Crippen LogP contribution in [0.5, 0.6) is 0 Å². The Balaban J connectivity index is 2.64. The fraction of sp³-hybridized carbons (Fsp3) is 0.385. The Bertz CT molecular complexity index is 363. The van der Waals surface area contributed by atoms with Crippen molar-refractivity contribution >= 4 is 33.6 Å². The molecule has 3 heteroatoms. The van der Waals surface area contributed by atoms with Crippen molar-refractivity contribution in [2.24, 2.45) is 0 Å². The SMILES string of the molecule is CCCNC(C)/C=C/c1cc(Br)ccc1Cl. The third kappa shape index (κ3) is 4.69. The first-order valence-electron chi connectivity index (χ1n) is 5.50. The highest BCUT2D eigenvalue weighted by Crippen LogP contribution is 2.22. The first-order valence-corrected chi connectivity index (χ1v) is 6.67. The smallest absolute Gasteiger partial charge is 0.0479 e. The van der Waals surface area contributed by atoms with Crippen LogP contribution in [-0.4, -0.2) is 12.6 Å². The summed E-state index contributed by atoms with van der Waals surface area (Å²) >= 11 is 9.53. The van der Waals surface area contributed by atoms with E-state index in [0.717, 1.165) is 28.0 Å². The normalized spacial score (nSPS) is 13.2. The lowest BCUT2D eigenvalue weighted by Gasteiger charge is -2.07. The molecule has 1 rings (SSSR count). The number of nitrogens with one attached hydrogen (secondary N) is 1. The monoisotopic (exact) mass is 301 g/mol. The zero-order valence-corrected chi connectivity index (χ0v) is 12.0. The Kier molecular flexibility index (Phi) is 6.10. The molecular weight excluding hydrogens is 286 g/mol. The lowest BCUT2D eigenvalue weighted by Crippen LogP contribution is -2.24. The minimum Gasteiger partial charge on any atom is -0.311 e. The van der Waals surface area contributed by atoms with Crippen molar-refractivity contribution in [3.8, 4) is 0 Å². The summed E-state index contributed by atoms with van der Waals surface area (Å²) in [5.74, 6) is 0. The van der Waals surface area contributed by atoms with Gasteiger partial charge in [0.25, 0.3) is 0 Å². The molecule has 0 aliphatic rings. The molecule has 0 amide bonds. The van der Waals surface area contributed by atoms with E-state index < -0.39 is 0 Å². The van der Waals surface area contributed by atoms with Gasteiger partial charge >= 0.3 is 0 Å². The van der Waals surface area contributed by atoms with Gasteiger partial charge in [-0.2, -0.15) is 0 Å². The molecule has 0 saturated heterocycles. The highest BCUT2D eigenvalue weighted by molar-refractivity contribution is 9.10. The average Bonchev–Trinajstić information content (AvgIpc) is 2.27. The fourth-order valence-corrected chi connectivity index (χ4v) is 1.89. The van der Waals surface area contributed by atoms with Gasteiger partial charge in [0.2, 0.25) is 0 Å². The summed E-state index contributed by atoms with van der Waals surface area (Å²) in [6.45, 7) is 5.34. The van der Waals surface area contributed by atoms with Crippen LogP contribution >= 0.6 is 27.5 Å². The molecule has 1 unspecified atom stereocenters. The summed E-state index contributed by atoms with van der Waals surface area (Å²) in [6, 6.07) is 6.23. The van der Waals surface area contributed by atoms with Gasteiger partial charge in [-0.15, -0.1) is 0 Å². The molecule has 88 valence electrons. The van der Waals surface area contributed by atoms with Gasteiger partial charge < -0.3 is 5.32 Å². The van der Waals surface area contributed by atoms with E-state index in [1.54, 1.807) is 0 Å². The van der Waals surface area contributed by atoms with Crippen LogP contribution in [0.3, 0.4) is 0 Å². The molecule has 1 N–H and O–H groups in total. The highest BCUT2D eigenvalue weighted by Gasteiger charge is 1.98. The summed E-state index contributed by atoms with van der Waals surface area (Å²) < 4.78 is 1.05. The Morgan fingerprint density at radius 1 is 1.50 bits per heavy atom. The lowest BCUT2D eigenvalue weighted by molar-refractivity contribution is 0.625. The fourth-order valence-electron chi connectivity index (χ4n) is 1.33. The predicted molar refractivity (Wildman–Crippen MR) is 75.9 cm³/mol. The number of hydrogen-bond acceptors (Lipinski definition) is 1. The molecule has 1 atom stereocenters. The van der Waals surface area contributed by atoms with Crippen LogP contribution in [0.1, 0.15) is 25.8 Å². The van der Waals surface area contributed by atoms with E-state index in [2.05, 4.69) is 47.2 Å². The summed E-state index contributed by atoms with van der Waals surface area (Å²) in [6.07, 6.45) is 5.33. The van der Waals surface area contributed by atoms with Crippen LogP contribution in [-0.2, 0) is 0 Å². The Hall–Kier alpha value is -0.310. The molecule has 1 nitrogen and oxygen atoms in total. The third-order valence-corrected chi connectivity index (χ3v) is 3.08. The average molecular weight is 303 g/mol. The highest BCUT2D eigenvalue weighted by atomic mass is 79.9. The van der Waals surface area contributed by atoms with Crippen LogP contribution in [0.2, 0.25) is 5.02 Å². The molecule has 0 saturated carbocycles. The summed E-state index contributed by atoms with van der Waals surface area (Å²) in [4.78, 5) is 0. The topological polar surface area (TPSA) is 12.0 Å². The van der Waals surface area contributed by atoms with Gasteiger partial charge in [0.15, 0.2) is 0 Å². The van der Waals surface area contributed by atoms with E-state index >= 15 is 0 Å². The van der Waals surface area contributed by atoms with Crippen LogP contribution in [0.15, 0.2) is 28.7 Å². The molecule has 0 fully saturated rings. The largest absolute Gasteiger partial charge is 0.311 e. The van der Waals surface area contributed by atoms with E-state index in [-0.39, 0.29) is 0 Å². The minimum absolute atomic E-state index is 0.370. The standard InChI is InChI=1S/C13H17BrClN/c1-3-8-16-10(2)4-5-11-9-12(14)6-7-13(11)15/h4-7,9-10,16H,3,8H2,1-2H3/b5-4+. The maximum absolute atomic E-state index is 6.09. The molecule has 0 bridgehead atoms. The van der Waals surface area contributed by atoms with E-state index in [0.29, 0.717) is 6.04 Å². The molecule has 0 heterocycles. The van der Waals surface area contributed by atoms with Crippen LogP contribution in [0, 0.1) is 0 Å².